The van der Waals surface area contributed by atoms with Crippen molar-refractivity contribution in [2.45, 2.75) is 32.2 Å². The summed E-state index contributed by atoms with van der Waals surface area (Å²) in [5.41, 5.74) is 3.51. The Kier molecular flexibility index (Phi) is 5.62. The maximum Gasteiger partial charge on any atom is 0.251 e. The van der Waals surface area contributed by atoms with E-state index in [2.05, 4.69) is 11.4 Å². The molecule has 2 aliphatic rings. The van der Waals surface area contributed by atoms with E-state index in [9.17, 15) is 14.0 Å². The third-order valence-corrected chi connectivity index (χ3v) is 5.79. The van der Waals surface area contributed by atoms with E-state index in [0.717, 1.165) is 36.1 Å². The summed E-state index contributed by atoms with van der Waals surface area (Å²) >= 11 is 0. The minimum atomic E-state index is -0.368. The molecule has 2 aromatic carbocycles. The zero-order valence-corrected chi connectivity index (χ0v) is 16.5. The molecule has 0 radical (unpaired) electrons. The molecule has 1 saturated heterocycles. The fourth-order valence-corrected chi connectivity index (χ4v) is 4.05. The van der Waals surface area contributed by atoms with Gasteiger partial charge in [-0.05, 0) is 67.6 Å². The number of benzene rings is 2. The number of nitrogens with one attached hydrogen (secondary N) is 1. The molecule has 2 aliphatic heterocycles. The normalized spacial score (nSPS) is 17.7. The molecular formula is C23H25FN2O3. The smallest absolute Gasteiger partial charge is 0.251 e. The second-order valence-corrected chi connectivity index (χ2v) is 7.72. The molecule has 0 spiro atoms. The number of carbonyl (C=O) groups excluding carboxylic acids is 2. The van der Waals surface area contributed by atoms with E-state index in [4.69, 9.17) is 4.74 Å². The van der Waals surface area contributed by atoms with Crippen molar-refractivity contribution in [1.29, 1.82) is 0 Å². The highest BCUT2D eigenvalue weighted by Crippen LogP contribution is 2.33. The Labute approximate surface area is 169 Å². The van der Waals surface area contributed by atoms with Gasteiger partial charge in [-0.1, -0.05) is 12.1 Å². The number of ether oxygens (including phenoxy) is 1. The summed E-state index contributed by atoms with van der Waals surface area (Å²) < 4.78 is 18.4. The molecule has 0 aliphatic carbocycles. The number of hydrogen-bond acceptors (Lipinski definition) is 3. The third-order valence-electron chi connectivity index (χ3n) is 5.79. The first-order valence-electron chi connectivity index (χ1n) is 10.1. The van der Waals surface area contributed by atoms with Crippen LogP contribution in [0, 0.1) is 11.7 Å². The van der Waals surface area contributed by atoms with Gasteiger partial charge >= 0.3 is 0 Å². The van der Waals surface area contributed by atoms with Crippen molar-refractivity contribution in [2.75, 3.05) is 24.7 Å². The number of hydrogen-bond donors (Lipinski definition) is 1. The summed E-state index contributed by atoms with van der Waals surface area (Å²) in [4.78, 5) is 27.2. The van der Waals surface area contributed by atoms with Crippen molar-refractivity contribution >= 4 is 17.5 Å². The van der Waals surface area contributed by atoms with Crippen LogP contribution in [0.15, 0.2) is 42.5 Å². The molecule has 1 N–H and O–H groups in total. The summed E-state index contributed by atoms with van der Waals surface area (Å²) in [7, 11) is 0. The van der Waals surface area contributed by atoms with Crippen molar-refractivity contribution in [3.63, 3.8) is 0 Å². The number of carbonyl (C=O) groups is 2. The van der Waals surface area contributed by atoms with Gasteiger partial charge in [0.15, 0.2) is 0 Å². The molecule has 0 unspecified atom stereocenters. The largest absolute Gasteiger partial charge is 0.381 e. The topological polar surface area (TPSA) is 58.6 Å². The van der Waals surface area contributed by atoms with Gasteiger partial charge < -0.3 is 15.0 Å². The van der Waals surface area contributed by atoms with Crippen LogP contribution in [-0.2, 0) is 16.0 Å². The molecule has 1 fully saturated rings. The summed E-state index contributed by atoms with van der Waals surface area (Å²) in [5, 5.41) is 2.95. The summed E-state index contributed by atoms with van der Waals surface area (Å²) in [5.74, 6) is -0.372. The molecule has 6 heteroatoms. The second-order valence-electron chi connectivity index (χ2n) is 7.72. The maximum absolute atomic E-state index is 13.0. The van der Waals surface area contributed by atoms with Gasteiger partial charge in [0.05, 0.1) is 6.04 Å². The molecule has 2 amide bonds. The Morgan fingerprint density at radius 2 is 1.86 bits per heavy atom. The van der Waals surface area contributed by atoms with E-state index in [1.165, 1.54) is 24.3 Å². The van der Waals surface area contributed by atoms with E-state index in [-0.39, 0.29) is 29.6 Å². The van der Waals surface area contributed by atoms with Crippen molar-refractivity contribution in [1.82, 2.24) is 5.32 Å². The molecule has 5 nitrogen and oxygen atoms in total. The summed E-state index contributed by atoms with van der Waals surface area (Å²) in [6.07, 6.45) is 2.39. The summed E-state index contributed by atoms with van der Waals surface area (Å²) in [6.45, 7) is 3.93. The number of halogens is 1. The SMILES string of the molecule is C[C@@H](NC(=O)c1ccc(F)cc1)c1ccc2c(c1)CCN2C(=O)C1CCOCC1. The molecule has 0 saturated carbocycles. The van der Waals surface area contributed by atoms with Crippen LogP contribution < -0.4 is 10.2 Å². The molecule has 152 valence electrons. The number of rotatable bonds is 4. The minimum Gasteiger partial charge on any atom is -0.381 e. The van der Waals surface area contributed by atoms with Crippen LogP contribution in [-0.4, -0.2) is 31.6 Å². The van der Waals surface area contributed by atoms with Gasteiger partial charge in [0.25, 0.3) is 5.91 Å². The Hall–Kier alpha value is -2.73. The molecule has 1 atom stereocenters. The Bertz CT molecular complexity index is 907. The van der Waals surface area contributed by atoms with Gasteiger partial charge in [-0.15, -0.1) is 0 Å². The van der Waals surface area contributed by atoms with Crippen molar-refractivity contribution in [2.24, 2.45) is 5.92 Å². The number of amides is 2. The summed E-state index contributed by atoms with van der Waals surface area (Å²) in [6, 6.07) is 11.3. The monoisotopic (exact) mass is 396 g/mol. The molecular weight excluding hydrogens is 371 g/mol. The van der Waals surface area contributed by atoms with E-state index in [1.54, 1.807) is 0 Å². The zero-order valence-electron chi connectivity index (χ0n) is 16.5. The van der Waals surface area contributed by atoms with Crippen LogP contribution in [0.2, 0.25) is 0 Å². The molecule has 4 rings (SSSR count). The quantitative estimate of drug-likeness (QED) is 0.859. The first-order chi connectivity index (χ1) is 14.0. The lowest BCUT2D eigenvalue weighted by atomic mass is 9.98. The van der Waals surface area contributed by atoms with Crippen molar-refractivity contribution in [3.8, 4) is 0 Å². The number of nitrogens with zero attached hydrogens (tertiary/aromatic N) is 1. The second kappa shape index (κ2) is 8.33. The van der Waals surface area contributed by atoms with Crippen LogP contribution >= 0.6 is 0 Å². The molecule has 2 aromatic rings. The Morgan fingerprint density at radius 3 is 2.59 bits per heavy atom. The van der Waals surface area contributed by atoms with Gasteiger partial charge in [0.2, 0.25) is 5.91 Å². The van der Waals surface area contributed by atoms with Crippen LogP contribution in [0.4, 0.5) is 10.1 Å². The van der Waals surface area contributed by atoms with Gasteiger partial charge in [-0.25, -0.2) is 4.39 Å². The van der Waals surface area contributed by atoms with E-state index < -0.39 is 0 Å². The fourth-order valence-electron chi connectivity index (χ4n) is 4.05. The van der Waals surface area contributed by atoms with Crippen molar-refractivity contribution < 1.29 is 18.7 Å². The van der Waals surface area contributed by atoms with Crippen LogP contribution in [0.1, 0.15) is 47.3 Å². The highest BCUT2D eigenvalue weighted by molar-refractivity contribution is 5.97. The predicted octanol–water partition coefficient (Wildman–Crippen LogP) is 3.63. The molecule has 29 heavy (non-hydrogen) atoms. The number of fused-ring (bicyclic) bond motifs is 1. The Balaban J connectivity index is 1.44. The van der Waals surface area contributed by atoms with Gasteiger partial charge in [-0.3, -0.25) is 9.59 Å². The van der Waals surface area contributed by atoms with Crippen LogP contribution in [0.25, 0.3) is 0 Å². The average molecular weight is 396 g/mol. The molecule has 2 heterocycles. The van der Waals surface area contributed by atoms with E-state index in [0.29, 0.717) is 25.3 Å². The third kappa shape index (κ3) is 4.17. The predicted molar refractivity (Wildman–Crippen MR) is 108 cm³/mol. The fraction of sp³-hybridized carbons (Fsp3) is 0.391. The van der Waals surface area contributed by atoms with Gasteiger partial charge in [0, 0.05) is 36.9 Å². The lowest BCUT2D eigenvalue weighted by molar-refractivity contribution is -0.125. The first kappa shape index (κ1) is 19.6. The standard InChI is InChI=1S/C23H25FN2O3/c1-15(25-22(27)16-2-5-20(24)6-3-16)18-4-7-21-19(14-18)8-11-26(21)23(28)17-9-12-29-13-10-17/h2-7,14-15,17H,8-13H2,1H3,(H,25,27)/t15-/m1/s1. The minimum absolute atomic E-state index is 0.0447. The lowest BCUT2D eigenvalue weighted by Crippen LogP contribution is -2.37. The average Bonchev–Trinajstić information content (AvgIpc) is 3.17. The lowest BCUT2D eigenvalue weighted by Gasteiger charge is -2.27. The van der Waals surface area contributed by atoms with Crippen LogP contribution in [0.5, 0.6) is 0 Å². The zero-order chi connectivity index (χ0) is 20.4. The van der Waals surface area contributed by atoms with Crippen molar-refractivity contribution in [3.05, 3.63) is 65.0 Å². The number of anilines is 1. The van der Waals surface area contributed by atoms with Crippen LogP contribution in [0.3, 0.4) is 0 Å². The Morgan fingerprint density at radius 1 is 1.14 bits per heavy atom. The van der Waals surface area contributed by atoms with E-state index in [1.807, 2.05) is 24.0 Å². The molecule has 0 aromatic heterocycles. The van der Waals surface area contributed by atoms with Gasteiger partial charge in [0.1, 0.15) is 5.82 Å². The first-order valence-corrected chi connectivity index (χ1v) is 10.1. The van der Waals surface area contributed by atoms with Gasteiger partial charge in [-0.2, -0.15) is 0 Å². The molecule has 0 bridgehead atoms. The highest BCUT2D eigenvalue weighted by atomic mass is 19.1. The maximum atomic E-state index is 13.0. The highest BCUT2D eigenvalue weighted by Gasteiger charge is 2.31. The van der Waals surface area contributed by atoms with E-state index >= 15 is 0 Å².